The number of carbonyl (C=O) groups is 4. The van der Waals surface area contributed by atoms with Crippen LogP contribution in [0.2, 0.25) is 5.02 Å². The van der Waals surface area contributed by atoms with E-state index in [-0.39, 0.29) is 167 Å². The van der Waals surface area contributed by atoms with Gasteiger partial charge in [-0.05, 0) is 133 Å². The maximum absolute atomic E-state index is 13.8. The minimum absolute atomic E-state index is 0.0157. The number of nitrogens with two attached hydrogens (primary N) is 4. The van der Waals surface area contributed by atoms with Gasteiger partial charge in [0.15, 0.2) is 44.7 Å². The SMILES string of the molecule is CC(=O)C(C)NP(=O)(COCCn1cnc2c(=O)[nH]c(N)nc21)OCc1ccc(C)c(F)c1.CC(=O)C(C)NP(=O)(COCCn1cnc2c(=O)[nH]c(N)nc21)OCc1cccc(Br)c1.CC(=O)C(C)NP(=O)(COCCn1cnc2c(=O)[nH]c(N)nc21)OCc1cccc(Cl)c1.CC(=O)C(C)NP(=O)(COCCn1cnc2c(=O)[nH]c(N)nc21)OCc1cccc(F)c1. The number of aromatic amines is 4. The van der Waals surface area contributed by atoms with Crippen molar-refractivity contribution in [2.45, 2.75) is 139 Å². The van der Waals surface area contributed by atoms with Crippen LogP contribution in [-0.4, -0.2) is 177 Å². The van der Waals surface area contributed by atoms with E-state index in [1.807, 2.05) is 24.3 Å². The van der Waals surface area contributed by atoms with Crippen molar-refractivity contribution in [1.82, 2.24) is 98.4 Å². The number of nitrogens with one attached hydrogen (secondary N) is 8. The Hall–Kier alpha value is -10.8. The van der Waals surface area contributed by atoms with Crippen molar-refractivity contribution in [3.8, 4) is 0 Å². The van der Waals surface area contributed by atoms with Crippen molar-refractivity contribution in [2.75, 3.05) is 74.8 Å². The molecule has 0 fully saturated rings. The summed E-state index contributed by atoms with van der Waals surface area (Å²) in [6.45, 7) is 14.8. The van der Waals surface area contributed by atoms with Gasteiger partial charge in [-0.2, -0.15) is 19.9 Å². The second-order valence-electron chi connectivity index (χ2n) is 29.0. The molecule has 8 atom stereocenters. The predicted molar refractivity (Wildman–Crippen MR) is 479 cm³/mol. The third-order valence-electron chi connectivity index (χ3n) is 18.6. The second-order valence-corrected chi connectivity index (χ2v) is 38.8. The Bertz CT molecular complexity index is 5970. The Morgan fingerprint density at radius 2 is 0.705 bits per heavy atom. The summed E-state index contributed by atoms with van der Waals surface area (Å²) in [6.07, 6.45) is 4.57. The number of H-pyrrole nitrogens is 4. The quantitative estimate of drug-likeness (QED) is 0.0125. The number of halogens is 4. The van der Waals surface area contributed by atoms with Crippen LogP contribution in [0, 0.1) is 18.6 Å². The molecule has 12 rings (SSSR count). The van der Waals surface area contributed by atoms with Crippen LogP contribution in [0.3, 0.4) is 0 Å². The highest BCUT2D eigenvalue weighted by atomic mass is 79.9. The summed E-state index contributed by atoms with van der Waals surface area (Å²) in [7, 11) is -14.3. The fourth-order valence-electron chi connectivity index (χ4n) is 11.2. The van der Waals surface area contributed by atoms with E-state index in [1.165, 1.54) is 77.3 Å². The highest BCUT2D eigenvalue weighted by molar-refractivity contribution is 9.10. The van der Waals surface area contributed by atoms with Crippen LogP contribution in [0.15, 0.2) is 140 Å². The van der Waals surface area contributed by atoms with E-state index < -0.39 is 88.1 Å². The molecule has 0 spiro atoms. The molecule has 0 radical (unpaired) electrons. The summed E-state index contributed by atoms with van der Waals surface area (Å²) in [6, 6.07) is 21.9. The largest absolute Gasteiger partial charge is 0.369 e. The number of aryl methyl sites for hydroxylation is 1. The number of fused-ring (bicyclic) bond motifs is 4. The first-order valence-corrected chi connectivity index (χ1v) is 47.7. The molecule has 0 saturated heterocycles. The lowest BCUT2D eigenvalue weighted by Gasteiger charge is -2.22. The molecule has 0 amide bonds. The van der Waals surface area contributed by atoms with Crippen LogP contribution in [0.5, 0.6) is 0 Å². The van der Waals surface area contributed by atoms with E-state index in [0.717, 1.165) is 15.6 Å². The first kappa shape index (κ1) is 102. The van der Waals surface area contributed by atoms with E-state index in [2.05, 4.69) is 96.1 Å². The number of imidazole rings is 4. The molecule has 0 bridgehead atoms. The first-order valence-electron chi connectivity index (χ1n) is 39.3. The number of aromatic nitrogens is 16. The van der Waals surface area contributed by atoms with E-state index in [9.17, 15) is 65.4 Å². The maximum atomic E-state index is 13.8. The molecule has 8 aromatic heterocycles. The summed E-state index contributed by atoms with van der Waals surface area (Å²) >= 11 is 9.37. The number of nitrogens with zero attached hydrogens (tertiary/aromatic N) is 12. The molecule has 129 heavy (non-hydrogen) atoms. The minimum Gasteiger partial charge on any atom is -0.369 e. The minimum atomic E-state index is -3.62. The summed E-state index contributed by atoms with van der Waals surface area (Å²) in [5, 5.41) is 11.4. The molecule has 44 nitrogen and oxygen atoms in total. The monoisotopic (exact) mass is 1950 g/mol. The van der Waals surface area contributed by atoms with Gasteiger partial charge in [0, 0.05) is 35.7 Å². The van der Waals surface area contributed by atoms with Crippen molar-refractivity contribution >= 4 is 149 Å². The Labute approximate surface area is 747 Å². The Kier molecular flexibility index (Phi) is 37.3. The number of hydrogen-bond acceptors (Lipinski definition) is 32. The molecule has 0 aliphatic carbocycles. The highest BCUT2D eigenvalue weighted by Crippen LogP contribution is 2.47. The van der Waals surface area contributed by atoms with E-state index in [4.69, 9.17) is 71.6 Å². The summed E-state index contributed by atoms with van der Waals surface area (Å²) < 4.78 is 132. The molecule has 8 unspecified atom stereocenters. The number of nitrogen functional groups attached to an aromatic ring is 4. The van der Waals surface area contributed by atoms with Crippen LogP contribution in [0.4, 0.5) is 32.6 Å². The second kappa shape index (κ2) is 47.2. The van der Waals surface area contributed by atoms with Crippen molar-refractivity contribution in [2.24, 2.45) is 0 Å². The standard InChI is InChI=1S/C20H26FN6O5P.C19H24BrN6O5P.C19H24ClN6O5P.C19H24FN6O5P/c1-12-4-5-15(8-16(12)21)9-32-33(30,26-13(2)14(3)28)11-31-7-6-27-10-23-17-18(27)24-20(22)25-19(17)29;3*1-12(13(2)27)25-32(29,31-9-14-4-3-5-15(20)8-14)11-30-7-6-26-10-22-16-17(26)23-19(21)24-18(16)28/h4-5,8,10,13H,6-7,9,11H2,1-3H3,(H,26,30)(H3,22,24,25,29);3*3-5,8,10,12H,6-7,9,11H2,1-2H3,(H,25,29)(H3,21,23,24,28). The molecule has 0 saturated carbocycles. The molecule has 0 aliphatic rings. The van der Waals surface area contributed by atoms with E-state index in [0.29, 0.717) is 50.8 Å². The molecule has 8 heterocycles. The van der Waals surface area contributed by atoms with Gasteiger partial charge in [0.2, 0.25) is 23.8 Å². The zero-order valence-electron chi connectivity index (χ0n) is 71.2. The van der Waals surface area contributed by atoms with Gasteiger partial charge in [0.05, 0.1) is 102 Å². The number of hydrogen-bond donors (Lipinski definition) is 12. The Morgan fingerprint density at radius 3 is 0.984 bits per heavy atom. The molecular formula is C77H98BrClF2N24O20P4. The van der Waals surface area contributed by atoms with Crippen molar-refractivity contribution < 1.29 is 83.3 Å². The topological polar surface area (TPSA) is 617 Å². The van der Waals surface area contributed by atoms with E-state index in [1.54, 1.807) is 95.4 Å². The fourth-order valence-corrected chi connectivity index (χ4v) is 18.8. The van der Waals surface area contributed by atoms with Crippen LogP contribution in [0.1, 0.15) is 83.2 Å². The number of anilines is 4. The number of Topliss-reactive ketones (excluding diaryl/α,β-unsaturated/α-hetero) is 4. The van der Waals surface area contributed by atoms with E-state index >= 15 is 0 Å². The number of carbonyl (C=O) groups excluding carboxylic acids is 4. The molecule has 0 aliphatic heterocycles. The smallest absolute Gasteiger partial charge is 0.295 e. The van der Waals surface area contributed by atoms with Gasteiger partial charge in [-0.3, -0.25) is 76.6 Å². The predicted octanol–water partition coefficient (Wildman–Crippen LogP) is 8.61. The molecule has 694 valence electrons. The number of benzene rings is 4. The third kappa shape index (κ3) is 31.0. The lowest BCUT2D eigenvalue weighted by atomic mass is 10.1. The zero-order valence-corrected chi connectivity index (χ0v) is 77.2. The average molecular weight is 1960 g/mol. The highest BCUT2D eigenvalue weighted by Gasteiger charge is 2.33. The zero-order chi connectivity index (χ0) is 94.1. The van der Waals surface area contributed by atoms with Gasteiger partial charge in [0.25, 0.3) is 52.3 Å². The van der Waals surface area contributed by atoms with Gasteiger partial charge < -0.3 is 78.2 Å². The average Bonchev–Trinajstić information content (AvgIpc) is 1.67. The molecule has 12 aromatic rings. The number of ether oxygens (including phenoxy) is 4. The van der Waals surface area contributed by atoms with Gasteiger partial charge in [-0.15, -0.1) is 0 Å². The number of ketones is 4. The molecule has 16 N–H and O–H groups in total. The molecule has 52 heteroatoms. The van der Waals surface area contributed by atoms with Crippen molar-refractivity contribution in [1.29, 1.82) is 0 Å². The summed E-state index contributed by atoms with van der Waals surface area (Å²) in [4.78, 5) is 136. The van der Waals surface area contributed by atoms with Crippen molar-refractivity contribution in [3.63, 3.8) is 0 Å². The van der Waals surface area contributed by atoms with Crippen LogP contribution in [0.25, 0.3) is 44.7 Å². The molecule has 4 aromatic carbocycles. The molecular weight excluding hydrogens is 1860 g/mol. The maximum Gasteiger partial charge on any atom is 0.295 e. The lowest BCUT2D eigenvalue weighted by molar-refractivity contribution is -0.119. The normalized spacial score (nSPS) is 14.3. The summed E-state index contributed by atoms with van der Waals surface area (Å²) in [5.74, 6) is -1.76. The summed E-state index contributed by atoms with van der Waals surface area (Å²) in [5.41, 5.74) is 25.4. The van der Waals surface area contributed by atoms with Gasteiger partial charge in [-0.25, -0.2) is 49.1 Å². The van der Waals surface area contributed by atoms with Crippen molar-refractivity contribution in [3.05, 3.63) is 207 Å². The van der Waals surface area contributed by atoms with Gasteiger partial charge in [-0.1, -0.05) is 76.1 Å². The van der Waals surface area contributed by atoms with Gasteiger partial charge in [0.1, 0.15) is 60.2 Å². The fraction of sp³-hybridized carbons (Fsp3) is 0.377. The van der Waals surface area contributed by atoms with Crippen LogP contribution in [-0.2, 0) is 127 Å². The first-order chi connectivity index (χ1) is 61.1. The Morgan fingerprint density at radius 1 is 0.426 bits per heavy atom. The lowest BCUT2D eigenvalue weighted by Crippen LogP contribution is -2.32. The van der Waals surface area contributed by atoms with Crippen LogP contribution >= 0.6 is 57.6 Å². The number of rotatable bonds is 44. The van der Waals surface area contributed by atoms with Crippen LogP contribution < -0.4 is 65.5 Å². The van der Waals surface area contributed by atoms with Gasteiger partial charge >= 0.3 is 0 Å². The third-order valence-corrected chi connectivity index (χ3v) is 26.7. The Balaban J connectivity index is 0.000000194.